The molecule has 2 aromatic rings. The average molecular weight is 441 g/mol. The molecule has 1 heterocycles. The Morgan fingerprint density at radius 1 is 1.22 bits per heavy atom. The standard InChI is InChI=1S/C23H23FN2O4.C2H6/c1-13-9-19(20(25-12-13)11-17-10-18(24)7-8-21(17)27)22(28)26-14(2)15-3-5-16(6-4-15)23(29)30;1-2/h3-10,12,14,17,21,27H,11H2,1-2H3,(H,26,28)(H,29,30);1-2H3. The number of carbonyl (C=O) groups excluding carboxylic acids is 1. The highest BCUT2D eigenvalue weighted by atomic mass is 19.1. The zero-order valence-electron chi connectivity index (χ0n) is 18.7. The van der Waals surface area contributed by atoms with Crippen LogP contribution in [0.2, 0.25) is 0 Å². The van der Waals surface area contributed by atoms with Crippen molar-refractivity contribution in [2.45, 2.75) is 46.3 Å². The van der Waals surface area contributed by atoms with Crippen molar-refractivity contribution in [2.24, 2.45) is 5.92 Å². The van der Waals surface area contributed by atoms with E-state index < -0.39 is 23.8 Å². The number of carboxylic acids is 1. The second-order valence-corrected chi connectivity index (χ2v) is 7.40. The van der Waals surface area contributed by atoms with E-state index in [-0.39, 0.29) is 23.9 Å². The Kier molecular flexibility index (Phi) is 8.84. The van der Waals surface area contributed by atoms with E-state index in [1.807, 2.05) is 20.8 Å². The lowest BCUT2D eigenvalue weighted by atomic mass is 9.90. The Hall–Kier alpha value is -3.32. The monoisotopic (exact) mass is 440 g/mol. The van der Waals surface area contributed by atoms with Gasteiger partial charge in [0.15, 0.2) is 0 Å². The van der Waals surface area contributed by atoms with Gasteiger partial charge in [-0.2, -0.15) is 0 Å². The predicted molar refractivity (Wildman–Crippen MR) is 121 cm³/mol. The number of hydrogen-bond donors (Lipinski definition) is 3. The number of hydrogen-bond acceptors (Lipinski definition) is 4. The van der Waals surface area contributed by atoms with Crippen LogP contribution in [-0.2, 0) is 6.42 Å². The highest BCUT2D eigenvalue weighted by molar-refractivity contribution is 5.95. The zero-order chi connectivity index (χ0) is 23.8. The van der Waals surface area contributed by atoms with E-state index in [0.29, 0.717) is 11.3 Å². The van der Waals surface area contributed by atoms with Crippen LogP contribution in [0.3, 0.4) is 0 Å². The molecule has 170 valence electrons. The molecule has 0 bridgehead atoms. The summed E-state index contributed by atoms with van der Waals surface area (Å²) in [7, 11) is 0. The summed E-state index contributed by atoms with van der Waals surface area (Å²) in [4.78, 5) is 28.3. The van der Waals surface area contributed by atoms with Crippen molar-refractivity contribution in [2.75, 3.05) is 0 Å². The number of pyridine rings is 1. The summed E-state index contributed by atoms with van der Waals surface area (Å²) in [5, 5.41) is 22.0. The van der Waals surface area contributed by atoms with E-state index >= 15 is 0 Å². The van der Waals surface area contributed by atoms with Gasteiger partial charge in [-0.3, -0.25) is 9.78 Å². The lowest BCUT2D eigenvalue weighted by molar-refractivity contribution is 0.0696. The van der Waals surface area contributed by atoms with Crippen LogP contribution in [0.15, 0.2) is 60.6 Å². The van der Waals surface area contributed by atoms with Crippen molar-refractivity contribution < 1.29 is 24.2 Å². The van der Waals surface area contributed by atoms with Gasteiger partial charge in [0.25, 0.3) is 5.91 Å². The van der Waals surface area contributed by atoms with E-state index in [1.165, 1.54) is 30.4 Å². The van der Waals surface area contributed by atoms with E-state index in [1.54, 1.807) is 31.3 Å². The third kappa shape index (κ3) is 6.34. The van der Waals surface area contributed by atoms with Crippen LogP contribution in [0.25, 0.3) is 0 Å². The number of carbonyl (C=O) groups is 2. The maximum absolute atomic E-state index is 13.6. The number of amides is 1. The summed E-state index contributed by atoms with van der Waals surface area (Å²) in [5.74, 6) is -2.31. The number of rotatable bonds is 6. The number of halogens is 1. The molecule has 1 aromatic carbocycles. The lowest BCUT2D eigenvalue weighted by Crippen LogP contribution is -2.29. The van der Waals surface area contributed by atoms with E-state index in [9.17, 15) is 19.1 Å². The second kappa shape index (κ2) is 11.3. The van der Waals surface area contributed by atoms with Gasteiger partial charge < -0.3 is 15.5 Å². The normalized spacial score (nSPS) is 18.1. The number of aryl methyl sites for hydroxylation is 1. The van der Waals surface area contributed by atoms with Gasteiger partial charge in [0, 0.05) is 12.1 Å². The molecule has 0 saturated heterocycles. The lowest BCUT2D eigenvalue weighted by Gasteiger charge is -2.21. The average Bonchev–Trinajstić information content (AvgIpc) is 2.78. The van der Waals surface area contributed by atoms with Crippen LogP contribution in [0.5, 0.6) is 0 Å². The minimum Gasteiger partial charge on any atom is -0.478 e. The quantitative estimate of drug-likeness (QED) is 0.612. The molecule has 1 amide bonds. The highest BCUT2D eigenvalue weighted by Gasteiger charge is 2.24. The number of carboxylic acid groups (broad SMARTS) is 1. The molecule has 1 aliphatic carbocycles. The Bertz CT molecular complexity index is 1020. The fraction of sp³-hybridized carbons (Fsp3) is 0.320. The number of nitrogens with one attached hydrogen (secondary N) is 1. The molecule has 0 fully saturated rings. The third-order valence-electron chi connectivity index (χ3n) is 5.05. The molecule has 7 heteroatoms. The predicted octanol–water partition coefficient (Wildman–Crippen LogP) is 4.55. The highest BCUT2D eigenvalue weighted by Crippen LogP contribution is 2.24. The van der Waals surface area contributed by atoms with Gasteiger partial charge in [-0.25, -0.2) is 9.18 Å². The molecule has 0 saturated carbocycles. The number of aliphatic hydroxyl groups excluding tert-OH is 1. The van der Waals surface area contributed by atoms with E-state index in [2.05, 4.69) is 10.3 Å². The number of nitrogens with zero attached hydrogens (tertiary/aromatic N) is 1. The number of allylic oxidation sites excluding steroid dienone is 2. The van der Waals surface area contributed by atoms with Crippen molar-refractivity contribution in [3.8, 4) is 0 Å². The first-order chi connectivity index (χ1) is 15.2. The minimum atomic E-state index is -1.01. The van der Waals surface area contributed by atoms with Gasteiger partial charge in [-0.15, -0.1) is 0 Å². The topological polar surface area (TPSA) is 99.5 Å². The summed E-state index contributed by atoms with van der Waals surface area (Å²) < 4.78 is 13.6. The summed E-state index contributed by atoms with van der Waals surface area (Å²) >= 11 is 0. The van der Waals surface area contributed by atoms with Gasteiger partial charge >= 0.3 is 5.97 Å². The minimum absolute atomic E-state index is 0.169. The van der Waals surface area contributed by atoms with E-state index in [4.69, 9.17) is 5.11 Å². The molecule has 3 N–H and O–H groups in total. The molecular weight excluding hydrogens is 411 g/mol. The first kappa shape index (κ1) is 24.9. The van der Waals surface area contributed by atoms with Crippen LogP contribution in [0.4, 0.5) is 4.39 Å². The Balaban J connectivity index is 0.00000176. The van der Waals surface area contributed by atoms with Gasteiger partial charge in [0.2, 0.25) is 0 Å². The fourth-order valence-electron chi connectivity index (χ4n) is 3.32. The van der Waals surface area contributed by atoms with Crippen molar-refractivity contribution >= 4 is 11.9 Å². The smallest absolute Gasteiger partial charge is 0.335 e. The van der Waals surface area contributed by atoms with Gasteiger partial charge in [-0.1, -0.05) is 32.1 Å². The molecular formula is C25H29FN2O4. The van der Waals surface area contributed by atoms with Gasteiger partial charge in [0.05, 0.1) is 29.0 Å². The molecule has 1 aromatic heterocycles. The second-order valence-electron chi connectivity index (χ2n) is 7.40. The molecule has 3 unspecified atom stereocenters. The Morgan fingerprint density at radius 2 is 1.88 bits per heavy atom. The van der Waals surface area contributed by atoms with E-state index in [0.717, 1.165) is 11.1 Å². The molecule has 3 rings (SSSR count). The van der Waals surface area contributed by atoms with Gasteiger partial charge in [-0.05, 0) is 61.7 Å². The number of benzene rings is 1. The number of aromatic nitrogens is 1. The first-order valence-electron chi connectivity index (χ1n) is 10.6. The van der Waals surface area contributed by atoms with Crippen LogP contribution < -0.4 is 5.32 Å². The Morgan fingerprint density at radius 3 is 2.50 bits per heavy atom. The number of aromatic carboxylic acids is 1. The molecule has 6 nitrogen and oxygen atoms in total. The zero-order valence-corrected chi connectivity index (χ0v) is 18.7. The third-order valence-corrected chi connectivity index (χ3v) is 5.05. The maximum Gasteiger partial charge on any atom is 0.335 e. The van der Waals surface area contributed by atoms with Crippen LogP contribution in [0, 0.1) is 12.8 Å². The summed E-state index contributed by atoms with van der Waals surface area (Å²) in [6, 6.07) is 7.62. The summed E-state index contributed by atoms with van der Waals surface area (Å²) in [6.07, 6.45) is 4.93. The molecule has 0 aliphatic heterocycles. The molecule has 0 radical (unpaired) electrons. The van der Waals surface area contributed by atoms with Gasteiger partial charge in [0.1, 0.15) is 5.83 Å². The fourth-order valence-corrected chi connectivity index (χ4v) is 3.32. The molecule has 0 spiro atoms. The van der Waals surface area contributed by atoms with Crippen LogP contribution >= 0.6 is 0 Å². The summed E-state index contributed by atoms with van der Waals surface area (Å²) in [6.45, 7) is 7.61. The first-order valence-corrected chi connectivity index (χ1v) is 10.6. The van der Waals surface area contributed by atoms with Crippen LogP contribution in [0.1, 0.15) is 64.3 Å². The summed E-state index contributed by atoms with van der Waals surface area (Å²) in [5.41, 5.74) is 2.55. The van der Waals surface area contributed by atoms with Crippen molar-refractivity contribution in [1.29, 1.82) is 0 Å². The molecule has 32 heavy (non-hydrogen) atoms. The van der Waals surface area contributed by atoms with Crippen molar-refractivity contribution in [1.82, 2.24) is 10.3 Å². The van der Waals surface area contributed by atoms with Crippen molar-refractivity contribution in [3.05, 3.63) is 88.5 Å². The van der Waals surface area contributed by atoms with Crippen molar-refractivity contribution in [3.63, 3.8) is 0 Å². The molecule has 3 atom stereocenters. The number of aliphatic hydroxyl groups is 1. The Labute approximate surface area is 187 Å². The maximum atomic E-state index is 13.6. The molecule has 1 aliphatic rings. The largest absolute Gasteiger partial charge is 0.478 e. The van der Waals surface area contributed by atoms with Crippen LogP contribution in [-0.4, -0.2) is 33.2 Å². The SMILES string of the molecule is CC.Cc1cnc(CC2C=C(F)C=CC2O)c(C(=O)NC(C)c2ccc(C(=O)O)cc2)c1.